The number of carbonyl (C=O) groups is 1. The molecule has 216 valence electrons. The van der Waals surface area contributed by atoms with E-state index in [2.05, 4.69) is 52.9 Å². The largest absolute Gasteiger partial charge is 0.337 e. The van der Waals surface area contributed by atoms with Gasteiger partial charge in [-0.3, -0.25) is 0 Å². The van der Waals surface area contributed by atoms with Crippen molar-refractivity contribution < 1.29 is 4.79 Å². The van der Waals surface area contributed by atoms with Crippen molar-refractivity contribution in [2.24, 2.45) is 0 Å². The van der Waals surface area contributed by atoms with Crippen molar-refractivity contribution in [3.63, 3.8) is 0 Å². The zero-order chi connectivity index (χ0) is 26.5. The van der Waals surface area contributed by atoms with Gasteiger partial charge in [-0.05, 0) is 38.4 Å². The molecule has 6 heteroatoms. The summed E-state index contributed by atoms with van der Waals surface area (Å²) in [6, 6.07) is -0.0190. The molecule has 0 saturated carbocycles. The van der Waals surface area contributed by atoms with Crippen LogP contribution < -0.4 is 10.6 Å². The highest BCUT2D eigenvalue weighted by Crippen LogP contribution is 2.20. The Morgan fingerprint density at radius 1 is 0.667 bits per heavy atom. The number of hydrogen-bond donors (Lipinski definition) is 2. The Morgan fingerprint density at radius 2 is 1.14 bits per heavy atom. The number of nitrogens with zero attached hydrogens (tertiary/aromatic N) is 1. The molecule has 0 aliphatic rings. The summed E-state index contributed by atoms with van der Waals surface area (Å²) in [5.74, 6) is 3.64. The Hall–Kier alpha value is -0.0700. The monoisotopic (exact) mass is 545 g/mol. The molecule has 0 saturated heterocycles. The average Bonchev–Trinajstić information content (AvgIpc) is 2.86. The first kappa shape index (κ1) is 35.9. The lowest BCUT2D eigenvalue weighted by Gasteiger charge is -2.18. The lowest BCUT2D eigenvalue weighted by molar-refractivity contribution is 0.239. The van der Waals surface area contributed by atoms with Crippen molar-refractivity contribution in [2.75, 3.05) is 51.0 Å². The van der Waals surface area contributed by atoms with Crippen molar-refractivity contribution >= 4 is 29.6 Å². The zero-order valence-corrected chi connectivity index (χ0v) is 26.4. The molecule has 4 nitrogen and oxygen atoms in total. The first-order valence-corrected chi connectivity index (χ1v) is 17.7. The van der Waals surface area contributed by atoms with Crippen LogP contribution in [0, 0.1) is 0 Å². The van der Waals surface area contributed by atoms with Crippen molar-refractivity contribution in [3.05, 3.63) is 0 Å². The van der Waals surface area contributed by atoms with Gasteiger partial charge in [0.2, 0.25) is 0 Å². The molecule has 0 rings (SSSR count). The highest BCUT2D eigenvalue weighted by atomic mass is 32.2. The Kier molecular flexibility index (Phi) is 29.4. The predicted molar refractivity (Wildman–Crippen MR) is 168 cm³/mol. The molecule has 0 aromatic carbocycles. The van der Waals surface area contributed by atoms with Gasteiger partial charge in [-0.2, -0.15) is 23.5 Å². The summed E-state index contributed by atoms with van der Waals surface area (Å²) in [5, 5.41) is 6.63. The van der Waals surface area contributed by atoms with Gasteiger partial charge in [-0.25, -0.2) is 4.79 Å². The molecule has 0 bridgehead atoms. The minimum Gasteiger partial charge on any atom is -0.337 e. The molecule has 2 amide bonds. The third-order valence-electron chi connectivity index (χ3n) is 6.63. The SMILES string of the molecule is CCCCCCCCCCCSCC(CNC(=O)NCCN(C)C)SCCCCCCCCCCC. The maximum absolute atomic E-state index is 12.2. The van der Waals surface area contributed by atoms with Gasteiger partial charge in [-0.1, -0.05) is 117 Å². The third kappa shape index (κ3) is 28.5. The fourth-order valence-electron chi connectivity index (χ4n) is 4.22. The van der Waals surface area contributed by atoms with Crippen LogP contribution in [0.1, 0.15) is 129 Å². The third-order valence-corrected chi connectivity index (χ3v) is 9.39. The molecule has 2 N–H and O–H groups in total. The molecule has 0 aromatic heterocycles. The van der Waals surface area contributed by atoms with Crippen LogP contribution in [0.5, 0.6) is 0 Å². The van der Waals surface area contributed by atoms with Crippen molar-refractivity contribution in [3.8, 4) is 0 Å². The Labute approximate surface area is 235 Å². The fourth-order valence-corrected chi connectivity index (χ4v) is 6.75. The molecule has 0 radical (unpaired) electrons. The van der Waals surface area contributed by atoms with E-state index in [1.165, 1.54) is 127 Å². The number of likely N-dealkylation sites (N-methyl/N-ethyl adjacent to an activating group) is 1. The lowest BCUT2D eigenvalue weighted by Crippen LogP contribution is -2.42. The number of urea groups is 1. The first-order valence-electron chi connectivity index (χ1n) is 15.5. The van der Waals surface area contributed by atoms with Crippen molar-refractivity contribution in [1.82, 2.24) is 15.5 Å². The highest BCUT2D eigenvalue weighted by molar-refractivity contribution is 8.03. The Bertz CT molecular complexity index is 452. The van der Waals surface area contributed by atoms with Gasteiger partial charge < -0.3 is 15.5 Å². The minimum absolute atomic E-state index is 0.0190. The van der Waals surface area contributed by atoms with E-state index in [1.54, 1.807) is 0 Å². The van der Waals surface area contributed by atoms with Crippen LogP contribution >= 0.6 is 23.5 Å². The molecule has 1 unspecified atom stereocenters. The molecular weight excluding hydrogens is 482 g/mol. The second kappa shape index (κ2) is 29.5. The minimum atomic E-state index is -0.0190. The summed E-state index contributed by atoms with van der Waals surface area (Å²) in [4.78, 5) is 14.3. The summed E-state index contributed by atoms with van der Waals surface area (Å²) in [5.41, 5.74) is 0. The average molecular weight is 546 g/mol. The number of unbranched alkanes of at least 4 members (excludes halogenated alkanes) is 16. The lowest BCUT2D eigenvalue weighted by atomic mass is 10.1. The van der Waals surface area contributed by atoms with Gasteiger partial charge in [0.1, 0.15) is 0 Å². The van der Waals surface area contributed by atoms with Crippen LogP contribution in [0.4, 0.5) is 4.79 Å². The quantitative estimate of drug-likeness (QED) is 0.0965. The van der Waals surface area contributed by atoms with Crippen LogP contribution in [0.3, 0.4) is 0 Å². The van der Waals surface area contributed by atoms with E-state index in [0.29, 0.717) is 11.8 Å². The summed E-state index contributed by atoms with van der Waals surface area (Å²) >= 11 is 4.17. The van der Waals surface area contributed by atoms with Crippen molar-refractivity contribution in [1.29, 1.82) is 0 Å². The second-order valence-corrected chi connectivity index (χ2v) is 13.2. The van der Waals surface area contributed by atoms with Gasteiger partial charge >= 0.3 is 6.03 Å². The summed E-state index contributed by atoms with van der Waals surface area (Å²) in [7, 11) is 4.06. The van der Waals surface area contributed by atoms with Gasteiger partial charge in [0, 0.05) is 30.6 Å². The Balaban J connectivity index is 3.98. The van der Waals surface area contributed by atoms with Crippen LogP contribution in [-0.2, 0) is 0 Å². The molecule has 0 spiro atoms. The standard InChI is InChI=1S/C30H63N3OS2/c1-5-7-9-11-13-15-17-19-21-25-35-28-29(27-32-30(34)31-23-24-33(3)4)36-26-22-20-18-16-14-12-10-8-6-2/h29H,5-28H2,1-4H3,(H2,31,32,34). The first-order chi connectivity index (χ1) is 17.6. The molecular formula is C30H63N3OS2. The summed E-state index contributed by atoms with van der Waals surface area (Å²) in [6.07, 6.45) is 25.0. The topological polar surface area (TPSA) is 44.4 Å². The normalized spacial score (nSPS) is 12.2. The van der Waals surface area contributed by atoms with E-state index < -0.39 is 0 Å². The maximum atomic E-state index is 12.2. The second-order valence-electron chi connectivity index (χ2n) is 10.7. The van der Waals surface area contributed by atoms with Gasteiger partial charge in [0.25, 0.3) is 0 Å². The maximum Gasteiger partial charge on any atom is 0.314 e. The van der Waals surface area contributed by atoms with E-state index in [4.69, 9.17) is 0 Å². The molecule has 0 aliphatic heterocycles. The molecule has 36 heavy (non-hydrogen) atoms. The van der Waals surface area contributed by atoms with E-state index >= 15 is 0 Å². The summed E-state index contributed by atoms with van der Waals surface area (Å²) < 4.78 is 0. The van der Waals surface area contributed by atoms with E-state index in [1.807, 2.05) is 14.1 Å². The fraction of sp³-hybridized carbons (Fsp3) is 0.967. The molecule has 0 aliphatic carbocycles. The van der Waals surface area contributed by atoms with Crippen LogP contribution in [0.15, 0.2) is 0 Å². The Morgan fingerprint density at radius 3 is 1.64 bits per heavy atom. The van der Waals surface area contributed by atoms with E-state index in [-0.39, 0.29) is 6.03 Å². The number of amides is 2. The highest BCUT2D eigenvalue weighted by Gasteiger charge is 2.11. The van der Waals surface area contributed by atoms with Crippen LogP contribution in [-0.4, -0.2) is 67.2 Å². The summed E-state index contributed by atoms with van der Waals surface area (Å²) in [6.45, 7) is 6.92. The predicted octanol–water partition coefficient (Wildman–Crippen LogP) is 8.74. The van der Waals surface area contributed by atoms with Gasteiger partial charge in [0.15, 0.2) is 0 Å². The smallest absolute Gasteiger partial charge is 0.314 e. The van der Waals surface area contributed by atoms with E-state index in [0.717, 1.165) is 18.8 Å². The molecule has 0 fully saturated rings. The number of thioether (sulfide) groups is 2. The number of carbonyl (C=O) groups excluding carboxylic acids is 1. The van der Waals surface area contributed by atoms with E-state index in [9.17, 15) is 4.79 Å². The molecule has 0 heterocycles. The number of nitrogens with one attached hydrogen (secondary N) is 2. The molecule has 1 atom stereocenters. The zero-order valence-electron chi connectivity index (χ0n) is 24.7. The van der Waals surface area contributed by atoms with Gasteiger partial charge in [0.05, 0.1) is 0 Å². The number of hydrogen-bond acceptors (Lipinski definition) is 4. The van der Waals surface area contributed by atoms with Crippen molar-refractivity contribution in [2.45, 2.75) is 135 Å². The van der Waals surface area contributed by atoms with Crippen LogP contribution in [0.25, 0.3) is 0 Å². The molecule has 0 aromatic rings. The van der Waals surface area contributed by atoms with Crippen LogP contribution in [0.2, 0.25) is 0 Å². The number of rotatable bonds is 28. The van der Waals surface area contributed by atoms with Gasteiger partial charge in [-0.15, -0.1) is 0 Å².